The summed E-state index contributed by atoms with van der Waals surface area (Å²) >= 11 is 1.32. The predicted molar refractivity (Wildman–Crippen MR) is 85.7 cm³/mol. The smallest absolute Gasteiger partial charge is 0.205 e. The molecule has 7 heteroatoms. The fraction of sp³-hybridized carbons (Fsp3) is 0.438. The molecule has 3 rings (SSSR count). The van der Waals surface area contributed by atoms with Crippen molar-refractivity contribution in [2.75, 3.05) is 25.1 Å². The fourth-order valence-electron chi connectivity index (χ4n) is 2.75. The minimum absolute atomic E-state index is 0.422. The Bertz CT molecular complexity index is 689. The van der Waals surface area contributed by atoms with Crippen molar-refractivity contribution in [3.63, 3.8) is 0 Å². The number of rotatable bonds is 5. The van der Waals surface area contributed by atoms with Gasteiger partial charge in [0, 0.05) is 42.9 Å². The molecule has 1 aromatic carbocycles. The summed E-state index contributed by atoms with van der Waals surface area (Å²) in [6, 6.07) is 7.82. The van der Waals surface area contributed by atoms with E-state index in [1.807, 2.05) is 29.2 Å². The van der Waals surface area contributed by atoms with Gasteiger partial charge in [0.05, 0.1) is 7.11 Å². The second kappa shape index (κ2) is 6.95. The molecule has 0 radical (unpaired) electrons. The van der Waals surface area contributed by atoms with Gasteiger partial charge in [-0.3, -0.25) is 0 Å². The summed E-state index contributed by atoms with van der Waals surface area (Å²) in [5.74, 6) is 0.157. The van der Waals surface area contributed by atoms with E-state index in [4.69, 9.17) is 4.74 Å². The van der Waals surface area contributed by atoms with Gasteiger partial charge in [0.15, 0.2) is 0 Å². The molecule has 1 aliphatic rings. The van der Waals surface area contributed by atoms with Crippen molar-refractivity contribution in [3.05, 3.63) is 35.7 Å². The summed E-state index contributed by atoms with van der Waals surface area (Å²) in [4.78, 5) is 17.6. The lowest BCUT2D eigenvalue weighted by Crippen LogP contribution is -2.43. The maximum Gasteiger partial charge on any atom is 0.205 e. The molecule has 1 aromatic heterocycles. The van der Waals surface area contributed by atoms with Gasteiger partial charge in [0.1, 0.15) is 11.6 Å². The van der Waals surface area contributed by atoms with Crippen molar-refractivity contribution in [2.45, 2.75) is 19.3 Å². The monoisotopic (exact) mass is 332 g/mol. The first-order chi connectivity index (χ1) is 11.2. The molecule has 2 heterocycles. The van der Waals surface area contributed by atoms with Crippen LogP contribution >= 0.6 is 11.5 Å². The van der Waals surface area contributed by atoms with E-state index in [0.717, 1.165) is 35.2 Å². The van der Waals surface area contributed by atoms with Gasteiger partial charge in [-0.05, 0) is 30.5 Å². The minimum atomic E-state index is -0.976. The first kappa shape index (κ1) is 15.7. The number of methoxy groups -OCH3 is 1. The van der Waals surface area contributed by atoms with E-state index >= 15 is 0 Å². The van der Waals surface area contributed by atoms with Gasteiger partial charge in [-0.15, -0.1) is 0 Å². The Morgan fingerprint density at radius 3 is 3.17 bits per heavy atom. The van der Waals surface area contributed by atoms with Crippen LogP contribution < -0.4 is 14.7 Å². The molecule has 1 fully saturated rings. The van der Waals surface area contributed by atoms with Crippen molar-refractivity contribution in [1.29, 1.82) is 0 Å². The van der Waals surface area contributed by atoms with Crippen LogP contribution in [0.1, 0.15) is 24.2 Å². The summed E-state index contributed by atoms with van der Waals surface area (Å²) < 4.78 is 9.62. The molecule has 1 atom stereocenters. The van der Waals surface area contributed by atoms with Crippen molar-refractivity contribution < 1.29 is 14.6 Å². The highest BCUT2D eigenvalue weighted by Crippen LogP contribution is 2.25. The number of anilines is 1. The molecule has 0 amide bonds. The van der Waals surface area contributed by atoms with Crippen LogP contribution in [0.15, 0.2) is 24.3 Å². The van der Waals surface area contributed by atoms with E-state index in [9.17, 15) is 9.90 Å². The van der Waals surface area contributed by atoms with Crippen LogP contribution in [0.5, 0.6) is 5.75 Å². The molecule has 0 bridgehead atoms. The zero-order chi connectivity index (χ0) is 16.2. The number of piperidine rings is 1. The Labute approximate surface area is 138 Å². The molecular formula is C16H18N3O3S-. The number of ether oxygens (including phenoxy) is 1. The first-order valence-electron chi connectivity index (χ1n) is 7.57. The second-order valence-corrected chi connectivity index (χ2v) is 6.36. The van der Waals surface area contributed by atoms with Gasteiger partial charge in [-0.1, -0.05) is 12.1 Å². The third kappa shape index (κ3) is 3.79. The quantitative estimate of drug-likeness (QED) is 0.816. The normalized spacial score (nSPS) is 18.0. The topological polar surface area (TPSA) is 78.4 Å². The lowest BCUT2D eigenvalue weighted by molar-refractivity contribution is -0.311. The number of benzene rings is 1. The Kier molecular flexibility index (Phi) is 4.76. The Morgan fingerprint density at radius 1 is 1.52 bits per heavy atom. The number of hydrogen-bond acceptors (Lipinski definition) is 7. The Balaban J connectivity index is 1.69. The van der Waals surface area contributed by atoms with Crippen LogP contribution in [-0.4, -0.2) is 35.5 Å². The van der Waals surface area contributed by atoms with Gasteiger partial charge < -0.3 is 19.5 Å². The van der Waals surface area contributed by atoms with E-state index in [1.165, 1.54) is 11.5 Å². The Hall–Kier alpha value is -2.15. The van der Waals surface area contributed by atoms with E-state index in [-0.39, 0.29) is 0 Å². The standard InChI is InChI=1S/C16H19N3O3S/c1-22-13-6-2-4-11(8-13)9-14-17-16(23-18-14)19-7-3-5-12(10-19)15(20)21/h2,4,6,8,12H,3,5,7,9-10H2,1H3,(H,20,21)/p-1/t12-/m0/s1. The number of carbonyl (C=O) groups excluding carboxylic acids is 1. The summed E-state index contributed by atoms with van der Waals surface area (Å²) in [5, 5.41) is 11.8. The zero-order valence-corrected chi connectivity index (χ0v) is 13.7. The number of nitrogens with zero attached hydrogens (tertiary/aromatic N) is 3. The van der Waals surface area contributed by atoms with Gasteiger partial charge in [-0.25, -0.2) is 4.98 Å². The SMILES string of the molecule is COc1cccc(Cc2nsc(N3CCC[C@H](C(=O)[O-])C3)n2)c1. The average molecular weight is 332 g/mol. The maximum atomic E-state index is 11.1. The number of carboxylic acid groups (broad SMARTS) is 1. The van der Waals surface area contributed by atoms with E-state index in [0.29, 0.717) is 19.4 Å². The van der Waals surface area contributed by atoms with Crippen LogP contribution in [0.4, 0.5) is 5.13 Å². The average Bonchev–Trinajstić information content (AvgIpc) is 3.03. The van der Waals surface area contributed by atoms with Gasteiger partial charge in [0.25, 0.3) is 0 Å². The lowest BCUT2D eigenvalue weighted by Gasteiger charge is -2.32. The van der Waals surface area contributed by atoms with Gasteiger partial charge >= 0.3 is 0 Å². The first-order valence-corrected chi connectivity index (χ1v) is 8.34. The third-order valence-corrected chi connectivity index (χ3v) is 4.79. The number of carbonyl (C=O) groups is 1. The van der Waals surface area contributed by atoms with Gasteiger partial charge in [-0.2, -0.15) is 4.37 Å². The van der Waals surface area contributed by atoms with Crippen LogP contribution in [0.3, 0.4) is 0 Å². The number of aromatic nitrogens is 2. The minimum Gasteiger partial charge on any atom is -0.550 e. The summed E-state index contributed by atoms with van der Waals surface area (Å²) in [6.07, 6.45) is 2.14. The highest BCUT2D eigenvalue weighted by Gasteiger charge is 2.23. The number of hydrogen-bond donors (Lipinski definition) is 0. The van der Waals surface area contributed by atoms with E-state index < -0.39 is 11.9 Å². The molecule has 0 aliphatic carbocycles. The van der Waals surface area contributed by atoms with E-state index in [2.05, 4.69) is 9.36 Å². The summed E-state index contributed by atoms with van der Waals surface area (Å²) in [7, 11) is 1.64. The Morgan fingerprint density at radius 2 is 2.39 bits per heavy atom. The maximum absolute atomic E-state index is 11.1. The van der Waals surface area contributed by atoms with E-state index in [1.54, 1.807) is 7.11 Å². The van der Waals surface area contributed by atoms with Crippen molar-refractivity contribution in [2.24, 2.45) is 5.92 Å². The molecule has 23 heavy (non-hydrogen) atoms. The highest BCUT2D eigenvalue weighted by atomic mass is 32.1. The lowest BCUT2D eigenvalue weighted by atomic mass is 9.99. The molecule has 0 unspecified atom stereocenters. The van der Waals surface area contributed by atoms with Crippen LogP contribution in [0, 0.1) is 5.92 Å². The molecule has 1 aliphatic heterocycles. The molecule has 0 spiro atoms. The van der Waals surface area contributed by atoms with Crippen LogP contribution in [0.25, 0.3) is 0 Å². The summed E-state index contributed by atoms with van der Waals surface area (Å²) in [5.41, 5.74) is 1.08. The second-order valence-electron chi connectivity index (χ2n) is 5.63. The largest absolute Gasteiger partial charge is 0.550 e. The third-order valence-electron chi connectivity index (χ3n) is 3.98. The fourth-order valence-corrected chi connectivity index (χ4v) is 3.47. The molecule has 2 aromatic rings. The van der Waals surface area contributed by atoms with Crippen LogP contribution in [-0.2, 0) is 11.2 Å². The van der Waals surface area contributed by atoms with Crippen LogP contribution in [0.2, 0.25) is 0 Å². The van der Waals surface area contributed by atoms with Gasteiger partial charge in [0.2, 0.25) is 5.13 Å². The van der Waals surface area contributed by atoms with Crippen molar-refractivity contribution in [1.82, 2.24) is 9.36 Å². The molecule has 122 valence electrons. The number of aliphatic carboxylic acids is 1. The summed E-state index contributed by atoms with van der Waals surface area (Å²) in [6.45, 7) is 1.27. The highest BCUT2D eigenvalue weighted by molar-refractivity contribution is 7.09. The molecule has 0 saturated carbocycles. The number of carboxylic acids is 1. The van der Waals surface area contributed by atoms with Crippen molar-refractivity contribution in [3.8, 4) is 5.75 Å². The molecular weight excluding hydrogens is 314 g/mol. The predicted octanol–water partition coefficient (Wildman–Crippen LogP) is 1.10. The zero-order valence-electron chi connectivity index (χ0n) is 12.9. The molecule has 1 saturated heterocycles. The van der Waals surface area contributed by atoms with Crippen molar-refractivity contribution >= 4 is 22.6 Å². The molecule has 6 nitrogen and oxygen atoms in total. The molecule has 0 N–H and O–H groups in total.